The van der Waals surface area contributed by atoms with Crippen LogP contribution < -0.4 is 5.73 Å². The molecule has 3 rings (SSSR count). The van der Waals surface area contributed by atoms with E-state index in [1.54, 1.807) is 11.4 Å². The average molecular weight is 411 g/mol. The smallest absolute Gasteiger partial charge is 0.417 e. The van der Waals surface area contributed by atoms with E-state index in [0.29, 0.717) is 11.1 Å². The molecular formula is C18H16F3N3O3S. The third-order valence-corrected chi connectivity index (χ3v) is 5.26. The number of amides is 1. The first-order valence-corrected chi connectivity index (χ1v) is 8.98. The number of hydrogen-bond acceptors (Lipinski definition) is 5. The normalized spacial score (nSPS) is 12.5. The van der Waals surface area contributed by atoms with Crippen molar-refractivity contribution in [2.45, 2.75) is 26.6 Å². The summed E-state index contributed by atoms with van der Waals surface area (Å²) in [5, 5.41) is 12.4. The van der Waals surface area contributed by atoms with Crippen LogP contribution in [-0.2, 0) is 17.5 Å². The fraction of sp³-hybridized carbons (Fsp3) is 0.278. The third-order valence-electron chi connectivity index (χ3n) is 4.39. The largest absolute Gasteiger partial charge is 0.494 e. The fourth-order valence-corrected chi connectivity index (χ4v) is 3.40. The number of ketones is 1. The summed E-state index contributed by atoms with van der Waals surface area (Å²) < 4.78 is 40.5. The van der Waals surface area contributed by atoms with Gasteiger partial charge in [0.15, 0.2) is 0 Å². The number of hydrogen-bond donors (Lipinski definition) is 2. The van der Waals surface area contributed by atoms with Crippen LogP contribution in [0.25, 0.3) is 11.0 Å². The van der Waals surface area contributed by atoms with Gasteiger partial charge in [-0.25, -0.2) is 0 Å². The highest BCUT2D eigenvalue weighted by molar-refractivity contribution is 7.12. The monoisotopic (exact) mass is 411 g/mol. The first-order valence-electron chi connectivity index (χ1n) is 8.10. The molecular weight excluding hydrogens is 395 g/mol. The number of alkyl halides is 3. The summed E-state index contributed by atoms with van der Waals surface area (Å²) in [6.07, 6.45) is -4.06. The Morgan fingerprint density at radius 3 is 2.54 bits per heavy atom. The van der Waals surface area contributed by atoms with Crippen LogP contribution in [-0.4, -0.2) is 26.3 Å². The van der Waals surface area contributed by atoms with E-state index in [1.165, 1.54) is 19.9 Å². The highest BCUT2D eigenvalue weighted by Crippen LogP contribution is 2.38. The molecule has 0 radical (unpaired) electrons. The maximum atomic E-state index is 13.2. The first-order chi connectivity index (χ1) is 12.9. The molecule has 0 aliphatic carbocycles. The van der Waals surface area contributed by atoms with Crippen molar-refractivity contribution in [1.29, 1.82) is 0 Å². The van der Waals surface area contributed by atoms with Crippen LogP contribution in [0.2, 0.25) is 0 Å². The summed E-state index contributed by atoms with van der Waals surface area (Å²) in [5.74, 6) is -1.84. The Morgan fingerprint density at radius 1 is 1.32 bits per heavy atom. The van der Waals surface area contributed by atoms with Crippen molar-refractivity contribution < 1.29 is 27.9 Å². The van der Waals surface area contributed by atoms with Gasteiger partial charge >= 0.3 is 6.18 Å². The Bertz CT molecular complexity index is 1070. The zero-order chi connectivity index (χ0) is 20.9. The molecule has 0 saturated carbocycles. The zero-order valence-corrected chi connectivity index (χ0v) is 15.7. The molecule has 3 N–H and O–H groups in total. The quantitative estimate of drug-likeness (QED) is 0.627. The lowest BCUT2D eigenvalue weighted by atomic mass is 9.92. The van der Waals surface area contributed by atoms with Crippen molar-refractivity contribution in [2.24, 2.45) is 11.1 Å². The number of pyridine rings is 1. The van der Waals surface area contributed by atoms with Crippen LogP contribution in [0, 0.1) is 5.41 Å². The SMILES string of the molecule is CC(C)(Cn1c(O)c(C(=O)c2cccs2)c2ncc(C(F)(F)F)cc21)C(N)=O. The summed E-state index contributed by atoms with van der Waals surface area (Å²) in [6.45, 7) is 2.75. The lowest BCUT2D eigenvalue weighted by molar-refractivity contribution is -0.137. The van der Waals surface area contributed by atoms with Crippen molar-refractivity contribution >= 4 is 34.1 Å². The van der Waals surface area contributed by atoms with Crippen molar-refractivity contribution in [3.8, 4) is 5.88 Å². The highest BCUT2D eigenvalue weighted by atomic mass is 32.1. The van der Waals surface area contributed by atoms with E-state index in [2.05, 4.69) is 4.98 Å². The van der Waals surface area contributed by atoms with Crippen LogP contribution in [0.5, 0.6) is 5.88 Å². The van der Waals surface area contributed by atoms with E-state index in [9.17, 15) is 27.9 Å². The van der Waals surface area contributed by atoms with E-state index >= 15 is 0 Å². The third kappa shape index (κ3) is 3.35. The van der Waals surface area contributed by atoms with Crippen molar-refractivity contribution in [3.05, 3.63) is 45.8 Å². The summed E-state index contributed by atoms with van der Waals surface area (Å²) in [7, 11) is 0. The van der Waals surface area contributed by atoms with Crippen molar-refractivity contribution in [3.63, 3.8) is 0 Å². The number of thiophene rings is 1. The van der Waals surface area contributed by atoms with E-state index in [-0.39, 0.29) is 23.1 Å². The number of aromatic nitrogens is 2. The predicted octanol–water partition coefficient (Wildman–Crippen LogP) is 3.56. The van der Waals surface area contributed by atoms with E-state index in [1.807, 2.05) is 0 Å². The Labute approximate surface area is 161 Å². The van der Waals surface area contributed by atoms with Crippen molar-refractivity contribution in [1.82, 2.24) is 9.55 Å². The first kappa shape index (κ1) is 19.9. The van der Waals surface area contributed by atoms with Gasteiger partial charge in [0.2, 0.25) is 17.6 Å². The van der Waals surface area contributed by atoms with Gasteiger partial charge in [-0.1, -0.05) is 6.07 Å². The van der Waals surface area contributed by atoms with Gasteiger partial charge in [0.05, 0.1) is 21.4 Å². The minimum Gasteiger partial charge on any atom is -0.494 e. The highest BCUT2D eigenvalue weighted by Gasteiger charge is 2.35. The molecule has 0 spiro atoms. The molecule has 0 saturated heterocycles. The van der Waals surface area contributed by atoms with Gasteiger partial charge < -0.3 is 15.4 Å². The molecule has 0 bridgehead atoms. The van der Waals surface area contributed by atoms with E-state index in [4.69, 9.17) is 5.73 Å². The Morgan fingerprint density at radius 2 is 2.00 bits per heavy atom. The molecule has 10 heteroatoms. The molecule has 6 nitrogen and oxygen atoms in total. The second-order valence-electron chi connectivity index (χ2n) is 6.93. The summed E-state index contributed by atoms with van der Waals surface area (Å²) in [6, 6.07) is 3.97. The Balaban J connectivity index is 2.29. The van der Waals surface area contributed by atoms with E-state index in [0.717, 1.165) is 22.0 Å². The summed E-state index contributed by atoms with van der Waals surface area (Å²) >= 11 is 1.13. The molecule has 0 aliphatic heterocycles. The number of primary amides is 1. The van der Waals surface area contributed by atoms with E-state index < -0.39 is 34.7 Å². The van der Waals surface area contributed by atoms with Gasteiger partial charge in [-0.3, -0.25) is 14.6 Å². The topological polar surface area (TPSA) is 98.2 Å². The molecule has 3 aromatic heterocycles. The van der Waals surface area contributed by atoms with Crippen LogP contribution in [0.15, 0.2) is 29.8 Å². The molecule has 28 heavy (non-hydrogen) atoms. The molecule has 3 aromatic rings. The van der Waals surface area contributed by atoms with Gasteiger partial charge in [-0.2, -0.15) is 13.2 Å². The molecule has 148 valence electrons. The number of aromatic hydroxyl groups is 1. The van der Waals surface area contributed by atoms with Crippen LogP contribution >= 0.6 is 11.3 Å². The van der Waals surface area contributed by atoms with Crippen molar-refractivity contribution in [2.75, 3.05) is 0 Å². The maximum absolute atomic E-state index is 13.2. The standard InChI is InChI=1S/C18H16F3N3O3S/c1-17(2,16(22)27)8-24-10-6-9(18(19,20)21)7-23-13(10)12(15(24)26)14(25)11-4-3-5-28-11/h3-7,26H,8H2,1-2H3,(H2,22,27). The molecule has 0 unspecified atom stereocenters. The average Bonchev–Trinajstić information content (AvgIpc) is 3.21. The summed E-state index contributed by atoms with van der Waals surface area (Å²) in [4.78, 5) is 28.6. The maximum Gasteiger partial charge on any atom is 0.417 e. The van der Waals surface area contributed by atoms with Crippen LogP contribution in [0.1, 0.15) is 34.6 Å². The molecule has 3 heterocycles. The van der Waals surface area contributed by atoms with Gasteiger partial charge in [-0.15, -0.1) is 11.3 Å². The number of carbonyl (C=O) groups excluding carboxylic acids is 2. The molecule has 0 aliphatic rings. The minimum absolute atomic E-state index is 0.0795. The predicted molar refractivity (Wildman–Crippen MR) is 97.1 cm³/mol. The molecule has 0 fully saturated rings. The number of rotatable bonds is 5. The molecule has 0 atom stereocenters. The lowest BCUT2D eigenvalue weighted by Gasteiger charge is -2.22. The van der Waals surface area contributed by atoms with Crippen LogP contribution in [0.3, 0.4) is 0 Å². The number of nitrogens with zero attached hydrogens (tertiary/aromatic N) is 2. The minimum atomic E-state index is -4.66. The number of carbonyl (C=O) groups is 2. The Kier molecular flexibility index (Phi) is 4.70. The number of nitrogens with two attached hydrogens (primary N) is 1. The second-order valence-corrected chi connectivity index (χ2v) is 7.88. The number of halogens is 3. The number of fused-ring (bicyclic) bond motifs is 1. The Hall–Kier alpha value is -2.88. The van der Waals surface area contributed by atoms with Gasteiger partial charge in [-0.05, 0) is 31.4 Å². The lowest BCUT2D eigenvalue weighted by Crippen LogP contribution is -2.35. The van der Waals surface area contributed by atoms with Gasteiger partial charge in [0, 0.05) is 12.7 Å². The second kappa shape index (κ2) is 6.62. The molecule has 1 amide bonds. The van der Waals surface area contributed by atoms with Gasteiger partial charge in [0.1, 0.15) is 11.1 Å². The molecule has 0 aromatic carbocycles. The summed E-state index contributed by atoms with van der Waals surface area (Å²) in [5.41, 5.74) is 2.73. The van der Waals surface area contributed by atoms with Gasteiger partial charge in [0.25, 0.3) is 0 Å². The van der Waals surface area contributed by atoms with Crippen LogP contribution in [0.4, 0.5) is 13.2 Å². The fourth-order valence-electron chi connectivity index (χ4n) is 2.73. The zero-order valence-electron chi connectivity index (χ0n) is 14.9.